The Kier molecular flexibility index (Phi) is 7.32. The Hall–Kier alpha value is -3.90. The van der Waals surface area contributed by atoms with Gasteiger partial charge in [0.05, 0.1) is 5.56 Å². The lowest BCUT2D eigenvalue weighted by atomic mass is 10.2. The number of carbonyl (C=O) groups is 1. The van der Waals surface area contributed by atoms with E-state index >= 15 is 0 Å². The van der Waals surface area contributed by atoms with Gasteiger partial charge in [0.1, 0.15) is 24.0 Å². The standard InChI is InChI=1S/C27H24F3N3O5S/c28-27(29,30)21-11-19(14-31-16-21)17-37-22-7-3-5-18(12-22)15-32-26(34)23-8-4-10-33(23)39(35,36)25-13-20-6-1-2-9-24(20)38-25/h1-3,5-7,9,11-14,16,23H,4,8,10,15,17H2,(H,32,34). The highest BCUT2D eigenvalue weighted by atomic mass is 32.2. The predicted molar refractivity (Wildman–Crippen MR) is 135 cm³/mol. The van der Waals surface area contributed by atoms with E-state index in [0.717, 1.165) is 12.3 Å². The van der Waals surface area contributed by atoms with E-state index in [2.05, 4.69) is 10.3 Å². The molecule has 2 aromatic carbocycles. The molecule has 12 heteroatoms. The number of furan rings is 1. The van der Waals surface area contributed by atoms with Gasteiger partial charge in [-0.25, -0.2) is 8.42 Å². The van der Waals surface area contributed by atoms with E-state index in [4.69, 9.17) is 9.15 Å². The van der Waals surface area contributed by atoms with Gasteiger partial charge in [-0.3, -0.25) is 9.78 Å². The SMILES string of the molecule is O=C(NCc1cccc(OCc2cncc(C(F)(F)F)c2)c1)C1CCCN1S(=O)(=O)c1cc2ccccc2o1. The second-order valence-corrected chi connectivity index (χ2v) is 10.9. The molecule has 2 aromatic heterocycles. The van der Waals surface area contributed by atoms with Crippen LogP contribution in [0.2, 0.25) is 0 Å². The molecule has 1 amide bonds. The van der Waals surface area contributed by atoms with Crippen molar-refractivity contribution < 1.29 is 35.5 Å². The Labute approximate surface area is 222 Å². The fourth-order valence-electron chi connectivity index (χ4n) is 4.43. The number of alkyl halides is 3. The first-order valence-electron chi connectivity index (χ1n) is 12.1. The quantitative estimate of drug-likeness (QED) is 0.330. The van der Waals surface area contributed by atoms with Crippen LogP contribution >= 0.6 is 0 Å². The van der Waals surface area contributed by atoms with Crippen LogP contribution in [0.25, 0.3) is 11.0 Å². The third kappa shape index (κ3) is 5.91. The van der Waals surface area contributed by atoms with E-state index in [0.29, 0.717) is 35.1 Å². The highest BCUT2D eigenvalue weighted by Crippen LogP contribution is 2.31. The molecule has 1 unspecified atom stereocenters. The van der Waals surface area contributed by atoms with E-state index in [1.165, 1.54) is 16.6 Å². The van der Waals surface area contributed by atoms with Crippen LogP contribution in [0.15, 0.2) is 82.6 Å². The molecule has 0 spiro atoms. The minimum atomic E-state index is -4.50. The maximum Gasteiger partial charge on any atom is 0.417 e. The average Bonchev–Trinajstić information content (AvgIpc) is 3.59. The summed E-state index contributed by atoms with van der Waals surface area (Å²) >= 11 is 0. The summed E-state index contributed by atoms with van der Waals surface area (Å²) in [7, 11) is -4.02. The number of halogens is 3. The number of rotatable bonds is 8. The first-order chi connectivity index (χ1) is 18.6. The van der Waals surface area contributed by atoms with Crippen LogP contribution in [-0.2, 0) is 34.1 Å². The van der Waals surface area contributed by atoms with Crippen molar-refractivity contribution >= 4 is 26.9 Å². The molecule has 1 fully saturated rings. The van der Waals surface area contributed by atoms with Gasteiger partial charge in [0.2, 0.25) is 11.0 Å². The van der Waals surface area contributed by atoms with Crippen molar-refractivity contribution in [3.8, 4) is 5.75 Å². The van der Waals surface area contributed by atoms with Crippen molar-refractivity contribution in [3.63, 3.8) is 0 Å². The molecule has 1 N–H and O–H groups in total. The number of sulfonamides is 1. The molecule has 1 aliphatic heterocycles. The molecular weight excluding hydrogens is 535 g/mol. The fourth-order valence-corrected chi connectivity index (χ4v) is 6.04. The maximum absolute atomic E-state index is 13.3. The van der Waals surface area contributed by atoms with E-state index in [1.807, 2.05) is 0 Å². The lowest BCUT2D eigenvalue weighted by Crippen LogP contribution is -2.45. The molecule has 3 heterocycles. The summed E-state index contributed by atoms with van der Waals surface area (Å²) < 4.78 is 77.6. The van der Waals surface area contributed by atoms with Gasteiger partial charge in [-0.2, -0.15) is 17.5 Å². The third-order valence-electron chi connectivity index (χ3n) is 6.37. The first kappa shape index (κ1) is 26.7. The number of benzene rings is 2. The van der Waals surface area contributed by atoms with E-state index in [9.17, 15) is 26.4 Å². The Bertz CT molecular complexity index is 1570. The molecule has 0 aliphatic carbocycles. The minimum Gasteiger partial charge on any atom is -0.489 e. The number of fused-ring (bicyclic) bond motifs is 1. The first-order valence-corrected chi connectivity index (χ1v) is 13.6. The monoisotopic (exact) mass is 559 g/mol. The van der Waals surface area contributed by atoms with Crippen molar-refractivity contribution in [2.75, 3.05) is 6.54 Å². The molecule has 0 radical (unpaired) electrons. The molecule has 4 aromatic rings. The molecule has 5 rings (SSSR count). The molecule has 0 saturated carbocycles. The van der Waals surface area contributed by atoms with Crippen molar-refractivity contribution in [3.05, 3.63) is 89.7 Å². The highest BCUT2D eigenvalue weighted by molar-refractivity contribution is 7.89. The van der Waals surface area contributed by atoms with Gasteiger partial charge < -0.3 is 14.5 Å². The molecule has 1 saturated heterocycles. The summed E-state index contributed by atoms with van der Waals surface area (Å²) in [4.78, 5) is 16.6. The number of hydrogen-bond donors (Lipinski definition) is 1. The highest BCUT2D eigenvalue weighted by Gasteiger charge is 2.41. The Balaban J connectivity index is 1.21. The van der Waals surface area contributed by atoms with E-state index in [1.54, 1.807) is 48.5 Å². The normalized spacial score (nSPS) is 16.4. The number of ether oxygens (including phenoxy) is 1. The van der Waals surface area contributed by atoms with Crippen LogP contribution in [0.1, 0.15) is 29.5 Å². The molecule has 1 aliphatic rings. The fraction of sp³-hybridized carbons (Fsp3) is 0.259. The second kappa shape index (κ2) is 10.7. The van der Waals surface area contributed by atoms with Gasteiger partial charge in [-0.15, -0.1) is 0 Å². The van der Waals surface area contributed by atoms with Crippen LogP contribution in [-0.4, -0.2) is 36.2 Å². The topological polar surface area (TPSA) is 102 Å². The maximum atomic E-state index is 13.3. The van der Waals surface area contributed by atoms with Crippen LogP contribution in [0.4, 0.5) is 13.2 Å². The molecular formula is C27H24F3N3O5S. The zero-order valence-electron chi connectivity index (χ0n) is 20.5. The van der Waals surface area contributed by atoms with Crippen LogP contribution in [0.5, 0.6) is 5.75 Å². The van der Waals surface area contributed by atoms with E-state index in [-0.39, 0.29) is 30.4 Å². The van der Waals surface area contributed by atoms with Crippen molar-refractivity contribution in [2.45, 2.75) is 43.3 Å². The summed E-state index contributed by atoms with van der Waals surface area (Å²) in [6, 6.07) is 15.2. The van der Waals surface area contributed by atoms with Crippen molar-refractivity contribution in [1.82, 2.24) is 14.6 Å². The molecule has 204 valence electrons. The lowest BCUT2D eigenvalue weighted by Gasteiger charge is -2.22. The van der Waals surface area contributed by atoms with Crippen LogP contribution < -0.4 is 10.1 Å². The largest absolute Gasteiger partial charge is 0.489 e. The summed E-state index contributed by atoms with van der Waals surface area (Å²) in [5, 5.41) is 3.23. The van der Waals surface area contributed by atoms with Crippen LogP contribution in [0, 0.1) is 0 Å². The molecule has 8 nitrogen and oxygen atoms in total. The number of hydrogen-bond acceptors (Lipinski definition) is 6. The van der Waals surface area contributed by atoms with Gasteiger partial charge in [-0.1, -0.05) is 30.3 Å². The number of aromatic nitrogens is 1. The molecule has 1 atom stereocenters. The van der Waals surface area contributed by atoms with Crippen LogP contribution in [0.3, 0.4) is 0 Å². The van der Waals surface area contributed by atoms with E-state index < -0.39 is 33.7 Å². The zero-order chi connectivity index (χ0) is 27.6. The molecule has 0 bridgehead atoms. The number of amides is 1. The Morgan fingerprint density at radius 3 is 2.69 bits per heavy atom. The third-order valence-corrected chi connectivity index (χ3v) is 8.13. The number of nitrogens with zero attached hydrogens (tertiary/aromatic N) is 2. The average molecular weight is 560 g/mol. The summed E-state index contributed by atoms with van der Waals surface area (Å²) in [6.45, 7) is 0.185. The van der Waals surface area contributed by atoms with Gasteiger partial charge in [0, 0.05) is 42.5 Å². The smallest absolute Gasteiger partial charge is 0.417 e. The summed E-state index contributed by atoms with van der Waals surface area (Å²) in [5.41, 5.74) is 0.522. The number of pyridine rings is 1. The number of para-hydroxylation sites is 1. The molecule has 39 heavy (non-hydrogen) atoms. The number of nitrogens with one attached hydrogen (secondary N) is 1. The van der Waals surface area contributed by atoms with Gasteiger partial charge in [0.25, 0.3) is 10.0 Å². The Morgan fingerprint density at radius 1 is 1.08 bits per heavy atom. The Morgan fingerprint density at radius 2 is 1.90 bits per heavy atom. The van der Waals surface area contributed by atoms with Crippen molar-refractivity contribution in [2.24, 2.45) is 0 Å². The van der Waals surface area contributed by atoms with Crippen molar-refractivity contribution in [1.29, 1.82) is 0 Å². The minimum absolute atomic E-state index is 0.107. The predicted octanol–water partition coefficient (Wildman–Crippen LogP) is 4.90. The van der Waals surface area contributed by atoms with Gasteiger partial charge in [0.15, 0.2) is 0 Å². The lowest BCUT2D eigenvalue weighted by molar-refractivity contribution is -0.137. The number of carbonyl (C=O) groups excluding carboxylic acids is 1. The van der Waals surface area contributed by atoms with Gasteiger partial charge in [-0.05, 0) is 42.7 Å². The zero-order valence-corrected chi connectivity index (χ0v) is 21.3. The summed E-state index contributed by atoms with van der Waals surface area (Å²) in [5.74, 6) is -0.0392. The van der Waals surface area contributed by atoms with Gasteiger partial charge >= 0.3 is 6.18 Å². The summed E-state index contributed by atoms with van der Waals surface area (Å²) in [6.07, 6.45) is -1.54. The second-order valence-electron chi connectivity index (χ2n) is 9.11.